The number of aliphatic hydroxyl groups is 1. The molecule has 1 heterocycles. The van der Waals surface area contributed by atoms with Gasteiger partial charge in [-0.2, -0.15) is 5.10 Å². The summed E-state index contributed by atoms with van der Waals surface area (Å²) >= 11 is 0. The van der Waals surface area contributed by atoms with Crippen molar-refractivity contribution in [3.63, 3.8) is 0 Å². The van der Waals surface area contributed by atoms with Gasteiger partial charge in [-0.15, -0.1) is 0 Å². The Balaban J connectivity index is 2.27. The number of aromatic nitrogens is 2. The van der Waals surface area contributed by atoms with Crippen LogP contribution in [0.5, 0.6) is 0 Å². The van der Waals surface area contributed by atoms with Crippen LogP contribution in [0, 0.1) is 5.41 Å². The van der Waals surface area contributed by atoms with Gasteiger partial charge in [-0.25, -0.2) is 0 Å². The number of aliphatic hydroxyl groups excluding tert-OH is 1. The van der Waals surface area contributed by atoms with Gasteiger partial charge in [0.2, 0.25) is 0 Å². The second-order valence-corrected chi connectivity index (χ2v) is 6.03. The molecule has 20 heavy (non-hydrogen) atoms. The van der Waals surface area contributed by atoms with Crippen molar-refractivity contribution in [1.82, 2.24) is 9.78 Å². The first kappa shape index (κ1) is 13.2. The van der Waals surface area contributed by atoms with Crippen molar-refractivity contribution in [1.29, 1.82) is 0 Å². The number of hydrogen-bond donors (Lipinski definition) is 1. The smallest absolute Gasteiger partial charge is 0.126 e. The van der Waals surface area contributed by atoms with Crippen LogP contribution in [-0.2, 0) is 11.3 Å². The van der Waals surface area contributed by atoms with Gasteiger partial charge in [-0.3, -0.25) is 4.68 Å². The van der Waals surface area contributed by atoms with Crippen LogP contribution in [0.1, 0.15) is 20.8 Å². The van der Waals surface area contributed by atoms with Crippen molar-refractivity contribution >= 4 is 11.6 Å². The summed E-state index contributed by atoms with van der Waals surface area (Å²) in [6, 6.07) is 0. The average molecular weight is 272 g/mol. The van der Waals surface area contributed by atoms with E-state index in [0.29, 0.717) is 6.54 Å². The van der Waals surface area contributed by atoms with E-state index >= 15 is 0 Å². The zero-order valence-corrected chi connectivity index (χ0v) is 12.3. The second-order valence-electron chi connectivity index (χ2n) is 6.03. The van der Waals surface area contributed by atoms with E-state index in [1.54, 1.807) is 14.0 Å². The lowest BCUT2D eigenvalue weighted by molar-refractivity contribution is 0.167. The third-order valence-electron chi connectivity index (χ3n) is 3.92. The molecule has 0 aromatic carbocycles. The SMILES string of the molecule is COC1=C2C=c3c(cnn3C[C@H](C)O)=C2C(C)(C)C=C1. The lowest BCUT2D eigenvalue weighted by Gasteiger charge is -2.28. The molecule has 0 fully saturated rings. The average Bonchev–Trinajstić information content (AvgIpc) is 2.90. The first-order valence-corrected chi connectivity index (χ1v) is 6.88. The highest BCUT2D eigenvalue weighted by atomic mass is 16.5. The maximum Gasteiger partial charge on any atom is 0.126 e. The van der Waals surface area contributed by atoms with Gasteiger partial charge in [0, 0.05) is 16.2 Å². The molecule has 1 aromatic heterocycles. The molecule has 0 amide bonds. The molecule has 3 rings (SSSR count). The van der Waals surface area contributed by atoms with Gasteiger partial charge in [-0.05, 0) is 24.6 Å². The van der Waals surface area contributed by atoms with Gasteiger partial charge in [0.25, 0.3) is 0 Å². The summed E-state index contributed by atoms with van der Waals surface area (Å²) in [4.78, 5) is 0. The lowest BCUT2D eigenvalue weighted by atomic mass is 9.77. The van der Waals surface area contributed by atoms with Crippen LogP contribution in [-0.4, -0.2) is 28.1 Å². The number of methoxy groups -OCH3 is 1. The summed E-state index contributed by atoms with van der Waals surface area (Å²) in [6.07, 6.45) is 7.80. The van der Waals surface area contributed by atoms with Gasteiger partial charge < -0.3 is 9.84 Å². The zero-order chi connectivity index (χ0) is 14.5. The largest absolute Gasteiger partial charge is 0.496 e. The number of hydrogen-bond acceptors (Lipinski definition) is 3. The lowest BCUT2D eigenvalue weighted by Crippen LogP contribution is -2.32. The van der Waals surface area contributed by atoms with E-state index in [1.165, 1.54) is 5.57 Å². The zero-order valence-electron chi connectivity index (χ0n) is 12.3. The molecule has 0 spiro atoms. The molecule has 0 saturated heterocycles. The molecule has 2 aliphatic rings. The fraction of sp³-hybridized carbons (Fsp3) is 0.438. The van der Waals surface area contributed by atoms with E-state index in [4.69, 9.17) is 4.74 Å². The monoisotopic (exact) mass is 272 g/mol. The minimum absolute atomic E-state index is 0.0438. The summed E-state index contributed by atoms with van der Waals surface area (Å²) in [5.74, 6) is 0.888. The Morgan fingerprint density at radius 2 is 2.20 bits per heavy atom. The van der Waals surface area contributed by atoms with E-state index in [1.807, 2.05) is 17.0 Å². The summed E-state index contributed by atoms with van der Waals surface area (Å²) in [7, 11) is 1.70. The Morgan fingerprint density at radius 1 is 1.45 bits per heavy atom. The van der Waals surface area contributed by atoms with Gasteiger partial charge in [0.15, 0.2) is 0 Å². The Morgan fingerprint density at radius 3 is 2.85 bits per heavy atom. The summed E-state index contributed by atoms with van der Waals surface area (Å²) < 4.78 is 7.34. The molecule has 0 saturated carbocycles. The van der Waals surface area contributed by atoms with Crippen LogP contribution in [0.4, 0.5) is 0 Å². The Labute approximate surface area is 118 Å². The summed E-state index contributed by atoms with van der Waals surface area (Å²) in [5.41, 5.74) is 2.34. The van der Waals surface area contributed by atoms with Gasteiger partial charge in [0.1, 0.15) is 5.76 Å². The maximum atomic E-state index is 9.58. The van der Waals surface area contributed by atoms with Crippen LogP contribution in [0.2, 0.25) is 0 Å². The first-order chi connectivity index (χ1) is 9.44. The minimum Gasteiger partial charge on any atom is -0.496 e. The Hall–Kier alpha value is -1.81. The van der Waals surface area contributed by atoms with Gasteiger partial charge in [0.05, 0.1) is 31.3 Å². The molecule has 106 valence electrons. The number of nitrogens with zero attached hydrogens (tertiary/aromatic N) is 2. The quantitative estimate of drug-likeness (QED) is 0.881. The van der Waals surface area contributed by atoms with Crippen LogP contribution in [0.25, 0.3) is 11.6 Å². The molecule has 0 radical (unpaired) electrons. The Bertz CT molecular complexity index is 733. The van der Waals surface area contributed by atoms with Crippen molar-refractivity contribution in [2.75, 3.05) is 7.11 Å². The second kappa shape index (κ2) is 4.35. The van der Waals surface area contributed by atoms with E-state index < -0.39 is 6.10 Å². The topological polar surface area (TPSA) is 47.3 Å². The summed E-state index contributed by atoms with van der Waals surface area (Å²) in [6.45, 7) is 6.66. The van der Waals surface area contributed by atoms with Crippen molar-refractivity contribution in [2.45, 2.75) is 33.4 Å². The highest BCUT2D eigenvalue weighted by Gasteiger charge is 2.32. The van der Waals surface area contributed by atoms with E-state index in [-0.39, 0.29) is 5.41 Å². The predicted molar refractivity (Wildman–Crippen MR) is 78.0 cm³/mol. The summed E-state index contributed by atoms with van der Waals surface area (Å²) in [5, 5.41) is 16.2. The Kier molecular flexibility index (Phi) is 2.87. The molecule has 1 aromatic rings. The number of ether oxygens (including phenoxy) is 1. The number of fused-ring (bicyclic) bond motifs is 2. The fourth-order valence-electron chi connectivity index (χ4n) is 3.01. The molecule has 4 heteroatoms. The van der Waals surface area contributed by atoms with E-state index in [2.05, 4.69) is 31.1 Å². The molecule has 0 unspecified atom stereocenters. The molecular formula is C16H20N2O2. The molecule has 4 nitrogen and oxygen atoms in total. The number of allylic oxidation sites excluding steroid dienone is 3. The van der Waals surface area contributed by atoms with Crippen molar-refractivity contribution in [3.8, 4) is 0 Å². The first-order valence-electron chi connectivity index (χ1n) is 6.88. The standard InChI is InChI=1S/C16H20N2O2/c1-10(19)9-18-13-7-11-14(20-4)5-6-16(2,3)15(11)12(13)8-17-18/h5-8,10,19H,9H2,1-4H3/t10-/m0/s1. The third kappa shape index (κ3) is 1.83. The molecule has 0 bridgehead atoms. The van der Waals surface area contributed by atoms with E-state index in [0.717, 1.165) is 21.9 Å². The van der Waals surface area contributed by atoms with Crippen molar-refractivity contribution in [3.05, 3.63) is 40.2 Å². The molecule has 2 aliphatic carbocycles. The third-order valence-corrected chi connectivity index (χ3v) is 3.92. The molecule has 1 N–H and O–H groups in total. The fourth-order valence-corrected chi connectivity index (χ4v) is 3.01. The highest BCUT2D eigenvalue weighted by molar-refractivity contribution is 5.87. The molecule has 1 atom stereocenters. The predicted octanol–water partition coefficient (Wildman–Crippen LogP) is 0.705. The van der Waals surface area contributed by atoms with Crippen molar-refractivity contribution in [2.24, 2.45) is 5.41 Å². The van der Waals surface area contributed by atoms with Gasteiger partial charge >= 0.3 is 0 Å². The molecule has 0 aliphatic heterocycles. The molecular weight excluding hydrogens is 252 g/mol. The van der Waals surface area contributed by atoms with Crippen LogP contribution in [0.3, 0.4) is 0 Å². The van der Waals surface area contributed by atoms with Crippen LogP contribution >= 0.6 is 0 Å². The van der Waals surface area contributed by atoms with Gasteiger partial charge in [-0.1, -0.05) is 19.9 Å². The number of rotatable bonds is 3. The van der Waals surface area contributed by atoms with Crippen LogP contribution < -0.4 is 10.6 Å². The highest BCUT2D eigenvalue weighted by Crippen LogP contribution is 2.41. The normalized spacial score (nSPS) is 20.6. The minimum atomic E-state index is -0.415. The van der Waals surface area contributed by atoms with Crippen molar-refractivity contribution < 1.29 is 9.84 Å². The maximum absolute atomic E-state index is 9.58. The van der Waals surface area contributed by atoms with E-state index in [9.17, 15) is 5.11 Å². The van der Waals surface area contributed by atoms with Crippen LogP contribution in [0.15, 0.2) is 29.7 Å².